The number of amides is 1. The number of unbranched alkanes of at least 4 members (excludes halogenated alkanes) is 2. The monoisotopic (exact) mass is 371 g/mol. The summed E-state index contributed by atoms with van der Waals surface area (Å²) in [7, 11) is 1.51. The van der Waals surface area contributed by atoms with Gasteiger partial charge in [0.05, 0.1) is 19.0 Å². The summed E-state index contributed by atoms with van der Waals surface area (Å²) in [5.41, 5.74) is 1.05. The van der Waals surface area contributed by atoms with Crippen molar-refractivity contribution in [2.24, 2.45) is 0 Å². The Morgan fingerprint density at radius 1 is 1.23 bits per heavy atom. The fourth-order valence-electron chi connectivity index (χ4n) is 2.47. The van der Waals surface area contributed by atoms with Crippen molar-refractivity contribution in [2.75, 3.05) is 12.4 Å². The van der Waals surface area contributed by atoms with E-state index in [0.29, 0.717) is 10.9 Å². The van der Waals surface area contributed by atoms with Gasteiger partial charge >= 0.3 is 0 Å². The van der Waals surface area contributed by atoms with Crippen molar-refractivity contribution in [3.63, 3.8) is 0 Å². The van der Waals surface area contributed by atoms with E-state index >= 15 is 0 Å². The van der Waals surface area contributed by atoms with Gasteiger partial charge in [0.25, 0.3) is 5.91 Å². The van der Waals surface area contributed by atoms with Gasteiger partial charge in [-0.25, -0.2) is 4.68 Å². The summed E-state index contributed by atoms with van der Waals surface area (Å²) in [4.78, 5) is 12.6. The first-order chi connectivity index (χ1) is 12.7. The first-order valence-electron chi connectivity index (χ1n) is 8.54. The van der Waals surface area contributed by atoms with Crippen LogP contribution in [-0.4, -0.2) is 33.0 Å². The summed E-state index contributed by atoms with van der Waals surface area (Å²) < 4.78 is 6.92. The van der Waals surface area contributed by atoms with Crippen LogP contribution in [0.1, 0.15) is 41.7 Å². The van der Waals surface area contributed by atoms with Gasteiger partial charge < -0.3 is 4.74 Å². The van der Waals surface area contributed by atoms with E-state index in [1.54, 1.807) is 10.9 Å². The Hall–Kier alpha value is -2.74. The minimum Gasteiger partial charge on any atom is -0.493 e. The van der Waals surface area contributed by atoms with Gasteiger partial charge in [0.2, 0.25) is 5.13 Å². The first kappa shape index (κ1) is 18.1. The largest absolute Gasteiger partial charge is 0.493 e. The predicted octanol–water partition coefficient (Wildman–Crippen LogP) is 3.72. The Kier molecular flexibility index (Phi) is 5.96. The highest BCUT2D eigenvalue weighted by Crippen LogP contribution is 2.22. The molecule has 8 heteroatoms. The molecule has 2 aromatic heterocycles. The van der Waals surface area contributed by atoms with Crippen molar-refractivity contribution in [2.45, 2.75) is 32.6 Å². The summed E-state index contributed by atoms with van der Waals surface area (Å²) in [6, 6.07) is 9.55. The van der Waals surface area contributed by atoms with Crippen molar-refractivity contribution < 1.29 is 9.53 Å². The standard InChI is InChI=1S/C18H21N5O2S/c1-3-4-6-11-15-20-21-18(26-15)19-17(24)16-14(25-2)12-23(22-16)13-9-7-5-8-10-13/h5,7-10,12H,3-4,6,11H2,1-2H3,(H,19,21,24). The minimum atomic E-state index is -0.368. The van der Waals surface area contributed by atoms with E-state index in [1.165, 1.54) is 18.4 Å². The molecule has 0 bridgehead atoms. The van der Waals surface area contributed by atoms with E-state index in [-0.39, 0.29) is 11.6 Å². The highest BCUT2D eigenvalue weighted by Gasteiger charge is 2.20. The average molecular weight is 371 g/mol. The zero-order valence-electron chi connectivity index (χ0n) is 14.8. The normalized spacial score (nSPS) is 10.7. The fourth-order valence-corrected chi connectivity index (χ4v) is 3.24. The van der Waals surface area contributed by atoms with Crippen molar-refractivity contribution >= 4 is 22.4 Å². The van der Waals surface area contributed by atoms with Gasteiger partial charge in [0.15, 0.2) is 11.4 Å². The predicted molar refractivity (Wildman–Crippen MR) is 101 cm³/mol. The molecule has 0 saturated carbocycles. The van der Waals surface area contributed by atoms with Crippen LogP contribution < -0.4 is 10.1 Å². The zero-order chi connectivity index (χ0) is 18.4. The molecule has 0 atom stereocenters. The molecule has 26 heavy (non-hydrogen) atoms. The lowest BCUT2D eigenvalue weighted by Crippen LogP contribution is -2.14. The number of aryl methyl sites for hydroxylation is 1. The van der Waals surface area contributed by atoms with Gasteiger partial charge in [-0.2, -0.15) is 5.10 Å². The second kappa shape index (κ2) is 8.57. The third-order valence-corrected chi connectivity index (χ3v) is 4.72. The van der Waals surface area contributed by atoms with Gasteiger partial charge in [-0.05, 0) is 18.6 Å². The second-order valence-electron chi connectivity index (χ2n) is 5.74. The highest BCUT2D eigenvalue weighted by molar-refractivity contribution is 7.15. The number of hydrogen-bond donors (Lipinski definition) is 1. The fraction of sp³-hybridized carbons (Fsp3) is 0.333. The molecular weight excluding hydrogens is 350 g/mol. The maximum atomic E-state index is 12.6. The van der Waals surface area contributed by atoms with Crippen LogP contribution in [0.2, 0.25) is 0 Å². The zero-order valence-corrected chi connectivity index (χ0v) is 15.6. The molecule has 0 spiro atoms. The van der Waals surface area contributed by atoms with E-state index in [0.717, 1.165) is 36.4 Å². The Morgan fingerprint density at radius 3 is 2.77 bits per heavy atom. The van der Waals surface area contributed by atoms with Crippen LogP contribution >= 0.6 is 11.3 Å². The maximum Gasteiger partial charge on any atom is 0.281 e. The average Bonchev–Trinajstić information content (AvgIpc) is 3.29. The van der Waals surface area contributed by atoms with Crippen LogP contribution in [0.25, 0.3) is 5.69 Å². The summed E-state index contributed by atoms with van der Waals surface area (Å²) >= 11 is 1.39. The third-order valence-electron chi connectivity index (χ3n) is 3.82. The Bertz CT molecular complexity index is 860. The number of methoxy groups -OCH3 is 1. The van der Waals surface area contributed by atoms with Crippen LogP contribution in [0, 0.1) is 0 Å². The van der Waals surface area contributed by atoms with Crippen molar-refractivity contribution in [3.05, 3.63) is 47.2 Å². The molecule has 0 aliphatic carbocycles. The number of ether oxygens (including phenoxy) is 1. The molecule has 1 amide bonds. The number of rotatable bonds is 8. The van der Waals surface area contributed by atoms with Crippen LogP contribution in [0.4, 0.5) is 5.13 Å². The van der Waals surface area contributed by atoms with Crippen LogP contribution in [0.3, 0.4) is 0 Å². The molecule has 7 nitrogen and oxygen atoms in total. The summed E-state index contributed by atoms with van der Waals surface area (Å²) in [6.07, 6.45) is 5.96. The van der Waals surface area contributed by atoms with E-state index in [2.05, 4.69) is 27.5 Å². The number of nitrogens with zero attached hydrogens (tertiary/aromatic N) is 4. The van der Waals surface area contributed by atoms with Crippen LogP contribution in [0.15, 0.2) is 36.5 Å². The second-order valence-corrected chi connectivity index (χ2v) is 6.80. The molecular formula is C18H21N5O2S. The molecule has 0 aliphatic rings. The van der Waals surface area contributed by atoms with Crippen molar-refractivity contribution in [1.82, 2.24) is 20.0 Å². The van der Waals surface area contributed by atoms with Crippen LogP contribution in [-0.2, 0) is 6.42 Å². The molecule has 1 N–H and O–H groups in total. The molecule has 0 saturated heterocycles. The van der Waals surface area contributed by atoms with Crippen LogP contribution in [0.5, 0.6) is 5.75 Å². The first-order valence-corrected chi connectivity index (χ1v) is 9.35. The number of benzene rings is 1. The Labute approximate surface area is 156 Å². The molecule has 1 aromatic carbocycles. The summed E-state index contributed by atoms with van der Waals surface area (Å²) in [5.74, 6) is 0.0341. The molecule has 3 aromatic rings. The third kappa shape index (κ3) is 4.26. The number of carbonyl (C=O) groups is 1. The summed E-state index contributed by atoms with van der Waals surface area (Å²) in [5, 5.41) is 16.7. The van der Waals surface area contributed by atoms with E-state index < -0.39 is 0 Å². The van der Waals surface area contributed by atoms with Crippen molar-refractivity contribution in [3.8, 4) is 11.4 Å². The smallest absolute Gasteiger partial charge is 0.281 e. The SMILES string of the molecule is CCCCCc1nnc(NC(=O)c2nn(-c3ccccc3)cc2OC)s1. The quantitative estimate of drug-likeness (QED) is 0.610. The number of para-hydroxylation sites is 1. The number of carbonyl (C=O) groups excluding carboxylic acids is 1. The molecule has 3 rings (SSSR count). The molecule has 0 radical (unpaired) electrons. The Balaban J connectivity index is 1.72. The Morgan fingerprint density at radius 2 is 2.04 bits per heavy atom. The number of nitrogens with one attached hydrogen (secondary N) is 1. The lowest BCUT2D eigenvalue weighted by Gasteiger charge is -2.00. The number of hydrogen-bond acceptors (Lipinski definition) is 6. The van der Waals surface area contributed by atoms with Gasteiger partial charge in [0.1, 0.15) is 5.01 Å². The van der Waals surface area contributed by atoms with Gasteiger partial charge in [-0.3, -0.25) is 10.1 Å². The van der Waals surface area contributed by atoms with E-state index in [4.69, 9.17) is 4.74 Å². The molecule has 0 fully saturated rings. The molecule has 0 aliphatic heterocycles. The van der Waals surface area contributed by atoms with E-state index in [1.807, 2.05) is 30.3 Å². The highest BCUT2D eigenvalue weighted by atomic mass is 32.1. The number of anilines is 1. The van der Waals surface area contributed by atoms with Crippen molar-refractivity contribution in [1.29, 1.82) is 0 Å². The maximum absolute atomic E-state index is 12.6. The minimum absolute atomic E-state index is 0.207. The lowest BCUT2D eigenvalue weighted by atomic mass is 10.2. The molecule has 2 heterocycles. The molecule has 136 valence electrons. The summed E-state index contributed by atoms with van der Waals surface area (Å²) in [6.45, 7) is 2.16. The van der Waals surface area contributed by atoms with Gasteiger partial charge in [-0.1, -0.05) is 49.3 Å². The van der Waals surface area contributed by atoms with Gasteiger partial charge in [0, 0.05) is 6.42 Å². The number of aromatic nitrogens is 4. The lowest BCUT2D eigenvalue weighted by molar-refractivity contribution is 0.101. The van der Waals surface area contributed by atoms with Gasteiger partial charge in [-0.15, -0.1) is 10.2 Å². The molecule has 0 unspecified atom stereocenters. The topological polar surface area (TPSA) is 81.9 Å². The van der Waals surface area contributed by atoms with E-state index in [9.17, 15) is 4.79 Å².